The molecule has 0 saturated carbocycles. The molecule has 2 N–H and O–H groups in total. The zero-order valence-corrected chi connectivity index (χ0v) is 9.68. The van der Waals surface area contributed by atoms with Gasteiger partial charge < -0.3 is 15.2 Å². The number of methoxy groups -OCH3 is 2. The van der Waals surface area contributed by atoms with Crippen molar-refractivity contribution >= 4 is 23.9 Å². The molecule has 15 heavy (non-hydrogen) atoms. The van der Waals surface area contributed by atoms with Crippen molar-refractivity contribution < 1.29 is 14.3 Å². The third-order valence-electron chi connectivity index (χ3n) is 1.93. The molecule has 5 heteroatoms. The summed E-state index contributed by atoms with van der Waals surface area (Å²) in [6, 6.07) is 3.29. The van der Waals surface area contributed by atoms with Gasteiger partial charge in [0.15, 0.2) is 17.3 Å². The Bertz CT molecular complexity index is 366. The zero-order chi connectivity index (χ0) is 10.7. The van der Waals surface area contributed by atoms with Crippen molar-refractivity contribution in [2.24, 2.45) is 0 Å². The fourth-order valence-corrected chi connectivity index (χ4v) is 1.31. The lowest BCUT2D eigenvalue weighted by molar-refractivity contribution is 0.101. The van der Waals surface area contributed by atoms with Gasteiger partial charge in [0.05, 0.1) is 19.8 Å². The number of carbonyl (C=O) groups excluding carboxylic acids is 1. The highest BCUT2D eigenvalue weighted by molar-refractivity contribution is 6.02. The molecule has 0 radical (unpaired) electrons. The summed E-state index contributed by atoms with van der Waals surface area (Å²) in [5.41, 5.74) is 6.43. The summed E-state index contributed by atoms with van der Waals surface area (Å²) in [7, 11) is 2.99. The molecule has 0 fully saturated rings. The van der Waals surface area contributed by atoms with Gasteiger partial charge in [-0.05, 0) is 19.1 Å². The Morgan fingerprint density at radius 3 is 2.27 bits per heavy atom. The molecule has 4 nitrogen and oxygen atoms in total. The van der Waals surface area contributed by atoms with Gasteiger partial charge in [-0.1, -0.05) is 0 Å². The standard InChI is InChI=1S/C10H13NO3.ClH/c1-6(12)9-7(11)4-5-8(13-2)10(9)14-3;/h4-5H,11H2,1-3H3;1H. The average Bonchev–Trinajstić information content (AvgIpc) is 2.16. The maximum Gasteiger partial charge on any atom is 0.173 e. The second-order valence-corrected chi connectivity index (χ2v) is 2.82. The molecule has 0 spiro atoms. The summed E-state index contributed by atoms with van der Waals surface area (Å²) in [6.45, 7) is 1.44. The smallest absolute Gasteiger partial charge is 0.173 e. The van der Waals surface area contributed by atoms with Crippen LogP contribution in [0.1, 0.15) is 17.3 Å². The fourth-order valence-electron chi connectivity index (χ4n) is 1.31. The van der Waals surface area contributed by atoms with Gasteiger partial charge in [-0.3, -0.25) is 4.79 Å². The van der Waals surface area contributed by atoms with Crippen molar-refractivity contribution in [2.75, 3.05) is 20.0 Å². The van der Waals surface area contributed by atoms with Crippen molar-refractivity contribution in [3.63, 3.8) is 0 Å². The number of nitrogen functional groups attached to an aromatic ring is 1. The van der Waals surface area contributed by atoms with E-state index < -0.39 is 0 Å². The third-order valence-corrected chi connectivity index (χ3v) is 1.93. The van der Waals surface area contributed by atoms with Crippen LogP contribution in [0.15, 0.2) is 12.1 Å². The Balaban J connectivity index is 0.00000196. The van der Waals surface area contributed by atoms with E-state index >= 15 is 0 Å². The van der Waals surface area contributed by atoms with E-state index in [9.17, 15) is 4.79 Å². The lowest BCUT2D eigenvalue weighted by Gasteiger charge is -2.12. The maximum absolute atomic E-state index is 11.3. The first kappa shape index (κ1) is 13.6. The number of Topliss-reactive ketones (excluding diaryl/α,β-unsaturated/α-hetero) is 1. The van der Waals surface area contributed by atoms with E-state index in [-0.39, 0.29) is 18.2 Å². The summed E-state index contributed by atoms with van der Waals surface area (Å²) in [5, 5.41) is 0. The van der Waals surface area contributed by atoms with Crippen molar-refractivity contribution in [3.8, 4) is 11.5 Å². The molecule has 84 valence electrons. The number of hydrogen-bond acceptors (Lipinski definition) is 4. The van der Waals surface area contributed by atoms with Crippen LogP contribution in [-0.4, -0.2) is 20.0 Å². The minimum absolute atomic E-state index is 0. The van der Waals surface area contributed by atoms with Gasteiger partial charge in [-0.15, -0.1) is 12.4 Å². The lowest BCUT2D eigenvalue weighted by Crippen LogP contribution is -2.04. The maximum atomic E-state index is 11.3. The van der Waals surface area contributed by atoms with E-state index in [0.717, 1.165) is 0 Å². The van der Waals surface area contributed by atoms with E-state index in [4.69, 9.17) is 15.2 Å². The second-order valence-electron chi connectivity index (χ2n) is 2.82. The molecule has 0 aliphatic carbocycles. The highest BCUT2D eigenvalue weighted by Gasteiger charge is 2.16. The van der Waals surface area contributed by atoms with Gasteiger partial charge in [0.1, 0.15) is 0 Å². The summed E-state index contributed by atoms with van der Waals surface area (Å²) >= 11 is 0. The van der Waals surface area contributed by atoms with Crippen molar-refractivity contribution in [1.82, 2.24) is 0 Å². The molecule has 0 amide bonds. The van der Waals surface area contributed by atoms with E-state index in [0.29, 0.717) is 22.7 Å². The number of halogens is 1. The number of ketones is 1. The average molecular weight is 232 g/mol. The molecule has 0 aliphatic rings. The minimum atomic E-state index is -0.141. The number of benzene rings is 1. The summed E-state index contributed by atoms with van der Waals surface area (Å²) in [4.78, 5) is 11.3. The first-order valence-corrected chi connectivity index (χ1v) is 4.13. The van der Waals surface area contributed by atoms with Crippen LogP contribution in [0.25, 0.3) is 0 Å². The van der Waals surface area contributed by atoms with Gasteiger partial charge in [-0.25, -0.2) is 0 Å². The van der Waals surface area contributed by atoms with E-state index in [1.165, 1.54) is 21.1 Å². The molecule has 1 aromatic carbocycles. The Labute approximate surface area is 94.8 Å². The van der Waals surface area contributed by atoms with Crippen LogP contribution in [0.5, 0.6) is 11.5 Å². The Hall–Kier alpha value is -1.42. The third kappa shape index (κ3) is 2.53. The van der Waals surface area contributed by atoms with Crippen LogP contribution >= 0.6 is 12.4 Å². The van der Waals surface area contributed by atoms with Gasteiger partial charge >= 0.3 is 0 Å². The normalized spacial score (nSPS) is 9.00. The van der Waals surface area contributed by atoms with Gasteiger partial charge in [0, 0.05) is 5.69 Å². The number of hydrogen-bond donors (Lipinski definition) is 1. The molecule has 0 bridgehead atoms. The molecule has 0 aliphatic heterocycles. The quantitative estimate of drug-likeness (QED) is 0.638. The number of anilines is 1. The Morgan fingerprint density at radius 1 is 1.27 bits per heavy atom. The van der Waals surface area contributed by atoms with Crippen LogP contribution in [-0.2, 0) is 0 Å². The number of rotatable bonds is 3. The first-order valence-electron chi connectivity index (χ1n) is 4.13. The highest BCUT2D eigenvalue weighted by Crippen LogP contribution is 2.34. The van der Waals surface area contributed by atoms with Crippen LogP contribution < -0.4 is 15.2 Å². The van der Waals surface area contributed by atoms with Crippen molar-refractivity contribution in [3.05, 3.63) is 17.7 Å². The fraction of sp³-hybridized carbons (Fsp3) is 0.300. The predicted molar refractivity (Wildman–Crippen MR) is 61.2 cm³/mol. The first-order chi connectivity index (χ1) is 6.61. The van der Waals surface area contributed by atoms with Crippen LogP contribution in [0, 0.1) is 0 Å². The van der Waals surface area contributed by atoms with Gasteiger partial charge in [0.2, 0.25) is 0 Å². The van der Waals surface area contributed by atoms with Gasteiger partial charge in [-0.2, -0.15) is 0 Å². The predicted octanol–water partition coefficient (Wildman–Crippen LogP) is 1.91. The SMILES string of the molecule is COc1ccc(N)c(C(C)=O)c1OC.Cl. The van der Waals surface area contributed by atoms with Gasteiger partial charge in [0.25, 0.3) is 0 Å². The van der Waals surface area contributed by atoms with E-state index in [2.05, 4.69) is 0 Å². The zero-order valence-electron chi connectivity index (χ0n) is 8.87. The topological polar surface area (TPSA) is 61.5 Å². The number of carbonyl (C=O) groups is 1. The minimum Gasteiger partial charge on any atom is -0.493 e. The number of ether oxygens (including phenoxy) is 2. The summed E-state index contributed by atoms with van der Waals surface area (Å²) < 4.78 is 10.1. The highest BCUT2D eigenvalue weighted by atomic mass is 35.5. The molecule has 1 rings (SSSR count). The van der Waals surface area contributed by atoms with Crippen LogP contribution in [0.4, 0.5) is 5.69 Å². The van der Waals surface area contributed by atoms with E-state index in [1.54, 1.807) is 12.1 Å². The molecule has 0 heterocycles. The summed E-state index contributed by atoms with van der Waals surface area (Å²) in [5.74, 6) is 0.755. The van der Waals surface area contributed by atoms with Crippen LogP contribution in [0.3, 0.4) is 0 Å². The molecular weight excluding hydrogens is 218 g/mol. The molecule has 0 atom stereocenters. The molecule has 0 aromatic heterocycles. The Morgan fingerprint density at radius 2 is 1.87 bits per heavy atom. The second kappa shape index (κ2) is 5.46. The molecule has 0 saturated heterocycles. The number of nitrogens with two attached hydrogens (primary N) is 1. The van der Waals surface area contributed by atoms with Crippen LogP contribution in [0.2, 0.25) is 0 Å². The molecular formula is C10H14ClNO3. The van der Waals surface area contributed by atoms with Crippen molar-refractivity contribution in [1.29, 1.82) is 0 Å². The van der Waals surface area contributed by atoms with Crippen molar-refractivity contribution in [2.45, 2.75) is 6.92 Å². The largest absolute Gasteiger partial charge is 0.493 e. The summed E-state index contributed by atoms with van der Waals surface area (Å²) in [6.07, 6.45) is 0. The molecule has 0 unspecified atom stereocenters. The monoisotopic (exact) mass is 231 g/mol. The molecule has 1 aromatic rings. The Kier molecular flexibility index (Phi) is 4.94. The van der Waals surface area contributed by atoms with E-state index in [1.807, 2.05) is 0 Å². The lowest BCUT2D eigenvalue weighted by atomic mass is 10.1.